The van der Waals surface area contributed by atoms with Gasteiger partial charge in [-0.25, -0.2) is 5.43 Å². The van der Waals surface area contributed by atoms with Crippen LogP contribution in [0.5, 0.6) is 11.5 Å². The summed E-state index contributed by atoms with van der Waals surface area (Å²) in [5, 5.41) is 3.95. The Labute approximate surface area is 141 Å². The molecule has 6 heteroatoms. The number of amides is 1. The van der Waals surface area contributed by atoms with E-state index in [9.17, 15) is 4.79 Å². The number of unbranched alkanes of at least 4 members (excludes halogenated alkanes) is 1. The van der Waals surface area contributed by atoms with E-state index < -0.39 is 0 Å². The molecule has 0 aliphatic rings. The summed E-state index contributed by atoms with van der Waals surface area (Å²) in [4.78, 5) is 15.7. The highest BCUT2D eigenvalue weighted by atomic mass is 16.5. The summed E-state index contributed by atoms with van der Waals surface area (Å²) < 4.78 is 11.0. The number of hydrogen-bond acceptors (Lipinski definition) is 5. The van der Waals surface area contributed by atoms with Gasteiger partial charge in [-0.1, -0.05) is 13.3 Å². The van der Waals surface area contributed by atoms with Crippen LogP contribution in [0.25, 0.3) is 0 Å². The van der Waals surface area contributed by atoms with Crippen LogP contribution in [0.1, 0.15) is 35.7 Å². The van der Waals surface area contributed by atoms with Crippen LogP contribution in [0.15, 0.2) is 47.8 Å². The Morgan fingerprint density at radius 2 is 2.21 bits per heavy atom. The van der Waals surface area contributed by atoms with Crippen molar-refractivity contribution in [3.63, 3.8) is 0 Å². The summed E-state index contributed by atoms with van der Waals surface area (Å²) in [6.07, 6.45) is 6.70. The predicted molar refractivity (Wildman–Crippen MR) is 92.7 cm³/mol. The van der Waals surface area contributed by atoms with Crippen LogP contribution in [0.2, 0.25) is 0 Å². The number of carbonyl (C=O) groups is 1. The Bertz CT molecular complexity index is 687. The largest absolute Gasteiger partial charge is 0.493 e. The second-order valence-electron chi connectivity index (χ2n) is 5.05. The summed E-state index contributed by atoms with van der Waals surface area (Å²) in [5.74, 6) is 1.02. The van der Waals surface area contributed by atoms with Gasteiger partial charge in [0.2, 0.25) is 0 Å². The van der Waals surface area contributed by atoms with Gasteiger partial charge in [0.15, 0.2) is 11.5 Å². The lowest BCUT2D eigenvalue weighted by molar-refractivity contribution is 0.0955. The van der Waals surface area contributed by atoms with Crippen LogP contribution < -0.4 is 14.9 Å². The minimum atomic E-state index is -0.314. The molecular formula is C18H21N3O3. The quantitative estimate of drug-likeness (QED) is 0.459. The van der Waals surface area contributed by atoms with Crippen molar-refractivity contribution in [3.8, 4) is 11.5 Å². The van der Waals surface area contributed by atoms with Gasteiger partial charge < -0.3 is 9.47 Å². The van der Waals surface area contributed by atoms with Crippen LogP contribution in [0.4, 0.5) is 0 Å². The fourth-order valence-electron chi connectivity index (χ4n) is 1.94. The van der Waals surface area contributed by atoms with Gasteiger partial charge in [0, 0.05) is 12.4 Å². The predicted octanol–water partition coefficient (Wildman–Crippen LogP) is 3.03. The lowest BCUT2D eigenvalue weighted by atomic mass is 10.2. The van der Waals surface area contributed by atoms with Crippen molar-refractivity contribution in [2.24, 2.45) is 5.10 Å². The van der Waals surface area contributed by atoms with E-state index in [2.05, 4.69) is 22.4 Å². The van der Waals surface area contributed by atoms with E-state index in [1.54, 1.807) is 37.7 Å². The summed E-state index contributed by atoms with van der Waals surface area (Å²) in [7, 11) is 1.59. The maximum Gasteiger partial charge on any atom is 0.272 e. The highest BCUT2D eigenvalue weighted by molar-refractivity contribution is 5.94. The molecule has 0 fully saturated rings. The van der Waals surface area contributed by atoms with Crippen molar-refractivity contribution in [1.29, 1.82) is 0 Å². The molecule has 2 rings (SSSR count). The Hall–Kier alpha value is -2.89. The van der Waals surface area contributed by atoms with Crippen LogP contribution in [0.3, 0.4) is 0 Å². The zero-order valence-electron chi connectivity index (χ0n) is 13.9. The van der Waals surface area contributed by atoms with Crippen molar-refractivity contribution >= 4 is 12.1 Å². The summed E-state index contributed by atoms with van der Waals surface area (Å²) in [6.45, 7) is 2.77. The molecule has 0 saturated carbocycles. The van der Waals surface area contributed by atoms with E-state index in [1.165, 1.54) is 6.20 Å². The van der Waals surface area contributed by atoms with Gasteiger partial charge in [-0.3, -0.25) is 9.78 Å². The molecule has 24 heavy (non-hydrogen) atoms. The third-order valence-electron chi connectivity index (χ3n) is 3.25. The molecule has 0 aliphatic heterocycles. The first kappa shape index (κ1) is 17.5. The number of rotatable bonds is 8. The molecule has 0 unspecified atom stereocenters. The SMILES string of the molecule is CCCCOc1ccc(/C=N/NC(=O)c2cccnc2)cc1OC. The Morgan fingerprint density at radius 1 is 1.33 bits per heavy atom. The van der Waals surface area contributed by atoms with Crippen molar-refractivity contribution in [3.05, 3.63) is 53.9 Å². The molecule has 1 amide bonds. The van der Waals surface area contributed by atoms with E-state index in [1.807, 2.05) is 12.1 Å². The van der Waals surface area contributed by atoms with Gasteiger partial charge in [-0.05, 0) is 42.3 Å². The second-order valence-corrected chi connectivity index (χ2v) is 5.05. The molecule has 0 spiro atoms. The van der Waals surface area contributed by atoms with E-state index in [4.69, 9.17) is 9.47 Å². The lowest BCUT2D eigenvalue weighted by Gasteiger charge is -2.10. The van der Waals surface area contributed by atoms with Crippen LogP contribution >= 0.6 is 0 Å². The van der Waals surface area contributed by atoms with E-state index in [0.717, 1.165) is 18.4 Å². The number of carbonyl (C=O) groups excluding carboxylic acids is 1. The number of nitrogens with one attached hydrogen (secondary N) is 1. The number of pyridine rings is 1. The average Bonchev–Trinajstić information content (AvgIpc) is 2.63. The Morgan fingerprint density at radius 3 is 2.92 bits per heavy atom. The molecule has 0 bridgehead atoms. The molecule has 6 nitrogen and oxygen atoms in total. The number of hydrazone groups is 1. The van der Waals surface area contributed by atoms with Crippen LogP contribution in [0, 0.1) is 0 Å². The molecule has 0 saturated heterocycles. The molecule has 1 aromatic carbocycles. The highest BCUT2D eigenvalue weighted by Gasteiger charge is 2.05. The fraction of sp³-hybridized carbons (Fsp3) is 0.278. The maximum atomic E-state index is 11.8. The van der Waals surface area contributed by atoms with Crippen LogP contribution in [-0.4, -0.2) is 30.8 Å². The third-order valence-corrected chi connectivity index (χ3v) is 3.25. The molecule has 0 radical (unpaired) electrons. The zero-order valence-corrected chi connectivity index (χ0v) is 13.9. The summed E-state index contributed by atoms with van der Waals surface area (Å²) in [6, 6.07) is 8.85. The standard InChI is InChI=1S/C18H21N3O3/c1-3-4-10-24-16-8-7-14(11-17(16)23-2)12-20-21-18(22)15-6-5-9-19-13-15/h5-9,11-13H,3-4,10H2,1-2H3,(H,21,22)/b20-12+. The molecule has 0 aliphatic carbocycles. The van der Waals surface area contributed by atoms with Crippen LogP contribution in [-0.2, 0) is 0 Å². The van der Waals surface area contributed by atoms with Gasteiger partial charge >= 0.3 is 0 Å². The minimum Gasteiger partial charge on any atom is -0.493 e. The summed E-state index contributed by atoms with van der Waals surface area (Å²) in [5.41, 5.74) is 3.70. The number of nitrogens with zero attached hydrogens (tertiary/aromatic N) is 2. The average molecular weight is 327 g/mol. The van der Waals surface area contributed by atoms with Crippen molar-refractivity contribution in [2.45, 2.75) is 19.8 Å². The fourth-order valence-corrected chi connectivity index (χ4v) is 1.94. The first-order valence-corrected chi connectivity index (χ1v) is 7.79. The number of benzene rings is 1. The molecule has 1 N–H and O–H groups in total. The molecule has 2 aromatic rings. The maximum absolute atomic E-state index is 11.8. The van der Waals surface area contributed by atoms with Gasteiger partial charge in [0.05, 0.1) is 25.5 Å². The van der Waals surface area contributed by atoms with E-state index in [0.29, 0.717) is 23.7 Å². The zero-order chi connectivity index (χ0) is 17.2. The number of aromatic nitrogens is 1. The summed E-state index contributed by atoms with van der Waals surface area (Å²) >= 11 is 0. The highest BCUT2D eigenvalue weighted by Crippen LogP contribution is 2.27. The monoisotopic (exact) mass is 327 g/mol. The topological polar surface area (TPSA) is 72.8 Å². The lowest BCUT2D eigenvalue weighted by Crippen LogP contribution is -2.17. The minimum absolute atomic E-state index is 0.314. The van der Waals surface area contributed by atoms with Gasteiger partial charge in [0.1, 0.15) is 0 Å². The smallest absolute Gasteiger partial charge is 0.272 e. The first-order valence-electron chi connectivity index (χ1n) is 7.79. The number of methoxy groups -OCH3 is 1. The second kappa shape index (κ2) is 9.29. The van der Waals surface area contributed by atoms with Crippen molar-refractivity contribution in [1.82, 2.24) is 10.4 Å². The Kier molecular flexibility index (Phi) is 6.76. The van der Waals surface area contributed by atoms with Gasteiger partial charge in [-0.15, -0.1) is 0 Å². The molecule has 0 atom stereocenters. The van der Waals surface area contributed by atoms with Gasteiger partial charge in [0.25, 0.3) is 5.91 Å². The van der Waals surface area contributed by atoms with E-state index >= 15 is 0 Å². The normalized spacial score (nSPS) is 10.6. The molecule has 126 valence electrons. The van der Waals surface area contributed by atoms with E-state index in [-0.39, 0.29) is 5.91 Å². The Balaban J connectivity index is 1.98. The van der Waals surface area contributed by atoms with Gasteiger partial charge in [-0.2, -0.15) is 5.10 Å². The van der Waals surface area contributed by atoms with Crippen molar-refractivity contribution < 1.29 is 14.3 Å². The first-order chi connectivity index (χ1) is 11.7. The number of hydrogen-bond donors (Lipinski definition) is 1. The third kappa shape index (κ3) is 5.08. The van der Waals surface area contributed by atoms with Crippen molar-refractivity contribution in [2.75, 3.05) is 13.7 Å². The molecule has 1 heterocycles. The number of ether oxygens (including phenoxy) is 2. The molecular weight excluding hydrogens is 306 g/mol. The molecule has 1 aromatic heterocycles.